The predicted octanol–water partition coefficient (Wildman–Crippen LogP) is 2.08. The van der Waals surface area contributed by atoms with Crippen molar-refractivity contribution in [2.45, 2.75) is 32.7 Å². The summed E-state index contributed by atoms with van der Waals surface area (Å²) in [5, 5.41) is 7.87. The van der Waals surface area contributed by atoms with Crippen molar-refractivity contribution >= 4 is 11.8 Å². The Morgan fingerprint density at radius 2 is 2.41 bits per heavy atom. The lowest BCUT2D eigenvalue weighted by molar-refractivity contribution is 0.319. The summed E-state index contributed by atoms with van der Waals surface area (Å²) >= 11 is 2.08. The predicted molar refractivity (Wildman–Crippen MR) is 74.4 cm³/mol. The van der Waals surface area contributed by atoms with Crippen molar-refractivity contribution in [3.8, 4) is 0 Å². The summed E-state index contributed by atoms with van der Waals surface area (Å²) in [6, 6.07) is 0.681. The molecule has 0 amide bonds. The number of hydrogen-bond donors (Lipinski definition) is 1. The maximum absolute atomic E-state index is 4.19. The van der Waals surface area contributed by atoms with Crippen LogP contribution < -0.4 is 5.32 Å². The number of thioether (sulfide) groups is 1. The van der Waals surface area contributed by atoms with Crippen LogP contribution in [0.2, 0.25) is 0 Å². The fourth-order valence-electron chi connectivity index (χ4n) is 2.42. The van der Waals surface area contributed by atoms with Gasteiger partial charge in [-0.2, -0.15) is 16.9 Å². The second-order valence-corrected chi connectivity index (χ2v) is 6.84. The van der Waals surface area contributed by atoms with Gasteiger partial charge >= 0.3 is 0 Å². The summed E-state index contributed by atoms with van der Waals surface area (Å²) < 4.78 is 1.87. The Morgan fingerprint density at radius 3 is 3.06 bits per heavy atom. The molecule has 1 N–H and O–H groups in total. The van der Waals surface area contributed by atoms with Gasteiger partial charge in [0.2, 0.25) is 0 Å². The highest BCUT2D eigenvalue weighted by Gasteiger charge is 2.27. The van der Waals surface area contributed by atoms with Crippen LogP contribution in [0.4, 0.5) is 0 Å². The van der Waals surface area contributed by atoms with Crippen molar-refractivity contribution < 1.29 is 0 Å². The highest BCUT2D eigenvalue weighted by atomic mass is 32.2. The van der Waals surface area contributed by atoms with E-state index < -0.39 is 0 Å². The van der Waals surface area contributed by atoms with Gasteiger partial charge < -0.3 is 5.32 Å². The summed E-state index contributed by atoms with van der Waals surface area (Å²) in [5.74, 6) is 2.56. The molecule has 0 aliphatic carbocycles. The largest absolute Gasteiger partial charge is 0.313 e. The van der Waals surface area contributed by atoms with E-state index in [0.717, 1.165) is 13.0 Å². The minimum atomic E-state index is 0.495. The molecule has 1 fully saturated rings. The van der Waals surface area contributed by atoms with Crippen LogP contribution in [-0.2, 0) is 13.5 Å². The minimum absolute atomic E-state index is 0.495. The zero-order valence-electron chi connectivity index (χ0n) is 11.1. The van der Waals surface area contributed by atoms with E-state index in [-0.39, 0.29) is 0 Å². The number of hydrogen-bond acceptors (Lipinski definition) is 3. The quantitative estimate of drug-likeness (QED) is 0.891. The Kier molecular flexibility index (Phi) is 4.15. The van der Waals surface area contributed by atoms with Crippen LogP contribution in [0.3, 0.4) is 0 Å². The molecule has 1 aromatic rings. The average molecular weight is 253 g/mol. The van der Waals surface area contributed by atoms with E-state index in [1.807, 2.05) is 17.9 Å². The molecule has 1 atom stereocenters. The third-order valence-corrected chi connectivity index (χ3v) is 4.84. The molecule has 0 saturated carbocycles. The van der Waals surface area contributed by atoms with E-state index >= 15 is 0 Å². The van der Waals surface area contributed by atoms with Gasteiger partial charge in [-0.05, 0) is 36.1 Å². The Bertz CT molecular complexity index is 359. The molecule has 0 aromatic carbocycles. The van der Waals surface area contributed by atoms with E-state index in [1.165, 1.54) is 23.5 Å². The highest BCUT2D eigenvalue weighted by Crippen LogP contribution is 2.33. The number of aromatic nitrogens is 2. The molecule has 0 bridgehead atoms. The zero-order chi connectivity index (χ0) is 12.3. The lowest BCUT2D eigenvalue weighted by atomic mass is 9.88. The maximum atomic E-state index is 4.19. The second-order valence-electron chi connectivity index (χ2n) is 5.81. The van der Waals surface area contributed by atoms with Gasteiger partial charge in [0.15, 0.2) is 0 Å². The van der Waals surface area contributed by atoms with E-state index in [2.05, 4.69) is 42.2 Å². The molecule has 3 nitrogen and oxygen atoms in total. The average Bonchev–Trinajstić information content (AvgIpc) is 2.63. The lowest BCUT2D eigenvalue weighted by Crippen LogP contribution is -2.41. The number of nitrogens with one attached hydrogen (secondary N) is 1. The molecular weight excluding hydrogens is 230 g/mol. The van der Waals surface area contributed by atoms with Gasteiger partial charge in [0, 0.05) is 25.0 Å². The maximum Gasteiger partial charge on any atom is 0.0522 e. The molecule has 2 heterocycles. The first-order chi connectivity index (χ1) is 8.05. The van der Waals surface area contributed by atoms with Gasteiger partial charge in [-0.15, -0.1) is 0 Å². The molecule has 1 saturated heterocycles. The van der Waals surface area contributed by atoms with Gasteiger partial charge in [-0.25, -0.2) is 0 Å². The molecule has 1 unspecified atom stereocenters. The fourth-order valence-corrected chi connectivity index (χ4v) is 3.72. The van der Waals surface area contributed by atoms with Gasteiger partial charge in [0.05, 0.1) is 6.20 Å². The Balaban J connectivity index is 1.71. The topological polar surface area (TPSA) is 29.9 Å². The molecular formula is C13H23N3S. The lowest BCUT2D eigenvalue weighted by Gasteiger charge is -2.35. The van der Waals surface area contributed by atoms with Crippen LogP contribution in [0.25, 0.3) is 0 Å². The third kappa shape index (κ3) is 4.03. The van der Waals surface area contributed by atoms with Crippen molar-refractivity contribution in [1.82, 2.24) is 15.1 Å². The normalized spacial score (nSPS) is 23.8. The highest BCUT2D eigenvalue weighted by molar-refractivity contribution is 7.99. The Morgan fingerprint density at radius 1 is 1.59 bits per heavy atom. The van der Waals surface area contributed by atoms with Crippen LogP contribution >= 0.6 is 11.8 Å². The van der Waals surface area contributed by atoms with E-state index in [1.54, 1.807) is 0 Å². The molecule has 4 heteroatoms. The fraction of sp³-hybridized carbons (Fsp3) is 0.769. The van der Waals surface area contributed by atoms with Gasteiger partial charge in [0.25, 0.3) is 0 Å². The van der Waals surface area contributed by atoms with Crippen molar-refractivity contribution in [3.63, 3.8) is 0 Å². The number of aryl methyl sites for hydroxylation is 1. The van der Waals surface area contributed by atoms with Crippen LogP contribution in [0.5, 0.6) is 0 Å². The Hall–Kier alpha value is -0.480. The first-order valence-electron chi connectivity index (χ1n) is 6.34. The van der Waals surface area contributed by atoms with Crippen molar-refractivity contribution in [2.24, 2.45) is 12.5 Å². The van der Waals surface area contributed by atoms with Crippen LogP contribution in [0.1, 0.15) is 25.8 Å². The van der Waals surface area contributed by atoms with Gasteiger partial charge in [0.1, 0.15) is 0 Å². The monoisotopic (exact) mass is 253 g/mol. The van der Waals surface area contributed by atoms with Crippen LogP contribution in [-0.4, -0.2) is 33.9 Å². The van der Waals surface area contributed by atoms with Crippen molar-refractivity contribution in [3.05, 3.63) is 18.0 Å². The van der Waals surface area contributed by atoms with Crippen molar-refractivity contribution in [1.29, 1.82) is 0 Å². The molecule has 1 aliphatic rings. The SMILES string of the molecule is Cn1cc(CCNC2CSCC(C)(C)C2)cn1. The van der Waals surface area contributed by atoms with Gasteiger partial charge in [-0.3, -0.25) is 4.68 Å². The molecule has 0 radical (unpaired) electrons. The van der Waals surface area contributed by atoms with E-state index in [0.29, 0.717) is 11.5 Å². The molecule has 1 aromatic heterocycles. The second kappa shape index (κ2) is 5.44. The van der Waals surface area contributed by atoms with Crippen molar-refractivity contribution in [2.75, 3.05) is 18.1 Å². The van der Waals surface area contributed by atoms with E-state index in [9.17, 15) is 0 Å². The number of rotatable bonds is 4. The summed E-state index contributed by atoms with van der Waals surface area (Å²) in [7, 11) is 1.97. The minimum Gasteiger partial charge on any atom is -0.313 e. The smallest absolute Gasteiger partial charge is 0.0522 e. The van der Waals surface area contributed by atoms with E-state index in [4.69, 9.17) is 0 Å². The molecule has 2 rings (SSSR count). The molecule has 17 heavy (non-hydrogen) atoms. The van der Waals surface area contributed by atoms with Crippen LogP contribution in [0, 0.1) is 5.41 Å². The molecule has 1 aliphatic heterocycles. The molecule has 96 valence electrons. The Labute approximate surface area is 108 Å². The zero-order valence-corrected chi connectivity index (χ0v) is 11.9. The summed E-state index contributed by atoms with van der Waals surface area (Å²) in [6.45, 7) is 5.80. The molecule has 0 spiro atoms. The van der Waals surface area contributed by atoms with Gasteiger partial charge in [-0.1, -0.05) is 13.8 Å². The summed E-state index contributed by atoms with van der Waals surface area (Å²) in [5.41, 5.74) is 1.82. The van der Waals surface area contributed by atoms with Crippen LogP contribution in [0.15, 0.2) is 12.4 Å². The first kappa shape index (κ1) is 13.0. The third-order valence-electron chi connectivity index (χ3n) is 3.22. The summed E-state index contributed by atoms with van der Waals surface area (Å²) in [4.78, 5) is 0. The summed E-state index contributed by atoms with van der Waals surface area (Å²) in [6.07, 6.45) is 6.44. The number of nitrogens with zero attached hydrogens (tertiary/aromatic N) is 2. The first-order valence-corrected chi connectivity index (χ1v) is 7.49. The standard InChI is InChI=1S/C13H23N3S/c1-13(2)6-12(9-17-10-13)14-5-4-11-7-15-16(3)8-11/h7-8,12,14H,4-6,9-10H2,1-3H3.